The van der Waals surface area contributed by atoms with Gasteiger partial charge in [0.25, 0.3) is 10.0 Å². The van der Waals surface area contributed by atoms with E-state index in [1.54, 1.807) is 12.1 Å². The molecule has 0 spiro atoms. The number of halogens is 4. The van der Waals surface area contributed by atoms with Crippen LogP contribution in [0.3, 0.4) is 0 Å². The molecule has 0 radical (unpaired) electrons. The lowest BCUT2D eigenvalue weighted by Gasteiger charge is -2.17. The van der Waals surface area contributed by atoms with E-state index in [1.165, 1.54) is 28.6 Å². The molecule has 126 valence electrons. The highest BCUT2D eigenvalue weighted by atomic mass is 32.2. The van der Waals surface area contributed by atoms with Gasteiger partial charge >= 0.3 is 12.9 Å². The fraction of sp³-hybridized carbons (Fsp3) is 0.167. The Kier molecular flexibility index (Phi) is 8.21. The number of nitrogens with zero attached hydrogens (tertiary/aromatic N) is 3. The summed E-state index contributed by atoms with van der Waals surface area (Å²) in [6.45, 7) is 7.36. The molecule has 0 bridgehead atoms. The average molecular weight is 351 g/mol. The minimum absolute atomic E-state index is 0.00984. The molecule has 0 saturated heterocycles. The van der Waals surface area contributed by atoms with Gasteiger partial charge in [0.15, 0.2) is 9.87 Å². The standard InChI is InChI=1S/C12H14N3O2S.BF4/c1-3-9-15(10-4-2)18(16,17)12-8-6-5-7-11(12)14-13;2-1(3,4)5/h3-8H,1-2,9-10H2;/q+1;-1. The maximum Gasteiger partial charge on any atom is 0.673 e. The summed E-state index contributed by atoms with van der Waals surface area (Å²) in [6.07, 6.45) is 2.97. The zero-order chi connectivity index (χ0) is 18.1. The molecule has 0 aliphatic carbocycles. The van der Waals surface area contributed by atoms with Crippen molar-refractivity contribution >= 4 is 23.0 Å². The molecule has 1 rings (SSSR count). The van der Waals surface area contributed by atoms with E-state index < -0.39 is 17.3 Å². The first-order chi connectivity index (χ1) is 10.6. The Morgan fingerprint density at radius 3 is 1.96 bits per heavy atom. The van der Waals surface area contributed by atoms with Crippen molar-refractivity contribution in [2.75, 3.05) is 13.1 Å². The average Bonchev–Trinajstić information content (AvgIpc) is 2.45. The Bertz CT molecular complexity index is 670. The van der Waals surface area contributed by atoms with Gasteiger partial charge in [-0.15, -0.1) is 13.2 Å². The van der Waals surface area contributed by atoms with E-state index >= 15 is 0 Å². The molecule has 0 aromatic heterocycles. The summed E-state index contributed by atoms with van der Waals surface area (Å²) in [5.74, 6) is 0. The van der Waals surface area contributed by atoms with Crippen molar-refractivity contribution in [1.29, 1.82) is 5.39 Å². The number of hydrogen-bond donors (Lipinski definition) is 0. The quantitative estimate of drug-likeness (QED) is 0.339. The highest BCUT2D eigenvalue weighted by Gasteiger charge is 2.30. The number of sulfonamides is 1. The van der Waals surface area contributed by atoms with E-state index in [9.17, 15) is 25.7 Å². The molecule has 23 heavy (non-hydrogen) atoms. The van der Waals surface area contributed by atoms with Crippen molar-refractivity contribution in [2.45, 2.75) is 4.90 Å². The second kappa shape index (κ2) is 9.07. The third-order valence-electron chi connectivity index (χ3n) is 2.26. The lowest BCUT2D eigenvalue weighted by Crippen LogP contribution is -2.31. The molecular weight excluding hydrogens is 337 g/mol. The summed E-state index contributed by atoms with van der Waals surface area (Å²) in [6, 6.07) is 5.98. The minimum atomic E-state index is -6.00. The minimum Gasteiger partial charge on any atom is -0.418 e. The van der Waals surface area contributed by atoms with E-state index in [0.717, 1.165) is 0 Å². The zero-order valence-corrected chi connectivity index (χ0v) is 12.8. The molecule has 1 aromatic carbocycles. The Labute approximate surface area is 131 Å². The van der Waals surface area contributed by atoms with Crippen molar-refractivity contribution in [3.63, 3.8) is 0 Å². The van der Waals surface area contributed by atoms with Gasteiger partial charge < -0.3 is 17.3 Å². The van der Waals surface area contributed by atoms with Crippen molar-refractivity contribution in [2.24, 2.45) is 0 Å². The predicted molar refractivity (Wildman–Crippen MR) is 80.5 cm³/mol. The summed E-state index contributed by atoms with van der Waals surface area (Å²) >= 11 is 0. The molecule has 0 fully saturated rings. The van der Waals surface area contributed by atoms with Gasteiger partial charge in [-0.2, -0.15) is 4.31 Å². The van der Waals surface area contributed by atoms with E-state index in [1.807, 2.05) is 0 Å². The van der Waals surface area contributed by atoms with E-state index in [2.05, 4.69) is 18.1 Å². The van der Waals surface area contributed by atoms with Gasteiger partial charge in [0.05, 0.1) is 0 Å². The highest BCUT2D eigenvalue weighted by Crippen LogP contribution is 2.26. The van der Waals surface area contributed by atoms with Crippen molar-refractivity contribution in [1.82, 2.24) is 4.31 Å². The van der Waals surface area contributed by atoms with Crippen LogP contribution in [0.5, 0.6) is 0 Å². The first-order valence-corrected chi connectivity index (χ1v) is 7.55. The van der Waals surface area contributed by atoms with Gasteiger partial charge in [0, 0.05) is 19.2 Å². The van der Waals surface area contributed by atoms with Crippen LogP contribution in [0, 0.1) is 5.39 Å². The zero-order valence-electron chi connectivity index (χ0n) is 11.9. The van der Waals surface area contributed by atoms with Crippen LogP contribution in [-0.4, -0.2) is 33.1 Å². The number of rotatable bonds is 6. The molecular formula is C12H14BF4N3O2S. The van der Waals surface area contributed by atoms with Crippen LogP contribution in [0.4, 0.5) is 23.0 Å². The highest BCUT2D eigenvalue weighted by molar-refractivity contribution is 7.89. The lowest BCUT2D eigenvalue weighted by atomic mass is 10.3. The first kappa shape index (κ1) is 20.8. The van der Waals surface area contributed by atoms with E-state index in [0.29, 0.717) is 0 Å². The molecule has 0 amide bonds. The Balaban J connectivity index is 0.000000841. The first-order valence-electron chi connectivity index (χ1n) is 6.11. The summed E-state index contributed by atoms with van der Waals surface area (Å²) in [5, 5.41) is 8.83. The summed E-state index contributed by atoms with van der Waals surface area (Å²) < 4.78 is 64.9. The maximum atomic E-state index is 12.4. The second-order valence-electron chi connectivity index (χ2n) is 3.96. The smallest absolute Gasteiger partial charge is 0.418 e. The summed E-state index contributed by atoms with van der Waals surface area (Å²) in [4.78, 5) is 2.94. The van der Waals surface area contributed by atoms with Crippen LogP contribution in [-0.2, 0) is 10.0 Å². The Hall–Kier alpha value is -2.19. The molecule has 0 saturated carbocycles. The van der Waals surface area contributed by atoms with Gasteiger partial charge in [-0.05, 0) is 6.07 Å². The monoisotopic (exact) mass is 351 g/mol. The Morgan fingerprint density at radius 1 is 1.13 bits per heavy atom. The van der Waals surface area contributed by atoms with Crippen molar-refractivity contribution in [3.8, 4) is 0 Å². The fourth-order valence-electron chi connectivity index (χ4n) is 1.46. The molecule has 0 aliphatic rings. The fourth-order valence-corrected chi connectivity index (χ4v) is 2.96. The van der Waals surface area contributed by atoms with E-state index in [-0.39, 0.29) is 23.7 Å². The molecule has 0 N–H and O–H groups in total. The number of hydrogen-bond acceptors (Lipinski definition) is 3. The Morgan fingerprint density at radius 2 is 1.57 bits per heavy atom. The summed E-state index contributed by atoms with van der Waals surface area (Å²) in [5.41, 5.74) is 0.00984. The lowest BCUT2D eigenvalue weighted by molar-refractivity contribution is 0.368. The van der Waals surface area contributed by atoms with Crippen LogP contribution in [0.1, 0.15) is 0 Å². The van der Waals surface area contributed by atoms with Gasteiger partial charge in [-0.1, -0.05) is 24.3 Å². The molecule has 5 nitrogen and oxygen atoms in total. The molecule has 0 atom stereocenters. The molecule has 0 heterocycles. The molecule has 11 heteroatoms. The third-order valence-corrected chi connectivity index (χ3v) is 4.14. The van der Waals surface area contributed by atoms with E-state index in [4.69, 9.17) is 5.39 Å². The van der Waals surface area contributed by atoms with Crippen LogP contribution < -0.4 is 0 Å². The third kappa shape index (κ3) is 7.57. The van der Waals surface area contributed by atoms with Crippen molar-refractivity contribution in [3.05, 3.63) is 54.6 Å². The van der Waals surface area contributed by atoms with Crippen LogP contribution in [0.25, 0.3) is 4.98 Å². The second-order valence-corrected chi connectivity index (χ2v) is 5.87. The topological polar surface area (TPSA) is 65.5 Å². The van der Waals surface area contributed by atoms with Gasteiger partial charge in [-0.25, -0.2) is 8.42 Å². The maximum absolute atomic E-state index is 12.4. The summed E-state index contributed by atoms with van der Waals surface area (Å²) in [7, 11) is -9.73. The van der Waals surface area contributed by atoms with Crippen LogP contribution in [0.2, 0.25) is 0 Å². The number of diazo groups is 1. The van der Waals surface area contributed by atoms with Crippen molar-refractivity contribution < 1.29 is 25.7 Å². The molecule has 1 aromatic rings. The van der Waals surface area contributed by atoms with Gasteiger partial charge in [0.1, 0.15) is 0 Å². The van der Waals surface area contributed by atoms with Crippen LogP contribution in [0.15, 0.2) is 54.5 Å². The van der Waals surface area contributed by atoms with Gasteiger partial charge in [0.2, 0.25) is 5.39 Å². The molecule has 0 aliphatic heterocycles. The largest absolute Gasteiger partial charge is 0.673 e. The van der Waals surface area contributed by atoms with Crippen LogP contribution >= 0.6 is 0 Å². The predicted octanol–water partition coefficient (Wildman–Crippen LogP) is 3.83. The normalized spacial score (nSPS) is 11.1. The van der Waals surface area contributed by atoms with Gasteiger partial charge in [-0.3, -0.25) is 0 Å². The SMILES string of the molecule is C=CCN(CC=C)S(=O)(=O)c1ccccc1[N+]#N.F[B-](F)(F)F. The number of benzene rings is 1. The molecule has 0 unspecified atom stereocenters.